The Bertz CT molecular complexity index is 776. The molecule has 0 N–H and O–H groups in total. The number of hydrogen-bond donors (Lipinski definition) is 0. The molecule has 1 aromatic rings. The van der Waals surface area contributed by atoms with Gasteiger partial charge in [-0.05, 0) is 38.8 Å². The van der Waals surface area contributed by atoms with E-state index in [0.29, 0.717) is 32.4 Å². The molecule has 0 bridgehead atoms. The van der Waals surface area contributed by atoms with E-state index >= 15 is 0 Å². The molecular formula is C17H26N4O4S. The molecular weight excluding hydrogens is 356 g/mol. The number of aryl methyl sites for hydroxylation is 1. The standard InChI is InChI=1S/C17H26N4O4S/c1-19-12-15(18-13-19)26(23,24)21-8-4-17(5-9-21)10-14(25-16(17)22)11-20-6-2-3-7-20/h12-14H,2-11H2,1H3. The molecule has 9 heteroatoms. The van der Waals surface area contributed by atoms with Crippen LogP contribution in [0.5, 0.6) is 0 Å². The van der Waals surface area contributed by atoms with Crippen molar-refractivity contribution < 1.29 is 17.9 Å². The molecule has 3 saturated heterocycles. The van der Waals surface area contributed by atoms with Crippen molar-refractivity contribution in [3.05, 3.63) is 12.5 Å². The van der Waals surface area contributed by atoms with Gasteiger partial charge in [0.25, 0.3) is 10.0 Å². The molecule has 26 heavy (non-hydrogen) atoms. The molecule has 8 nitrogen and oxygen atoms in total. The number of hydrogen-bond acceptors (Lipinski definition) is 6. The third-order valence-corrected chi connectivity index (χ3v) is 7.73. The largest absolute Gasteiger partial charge is 0.461 e. The molecule has 3 aliphatic rings. The van der Waals surface area contributed by atoms with Crippen molar-refractivity contribution in [2.24, 2.45) is 12.5 Å². The first-order valence-electron chi connectivity index (χ1n) is 9.31. The van der Waals surface area contributed by atoms with E-state index < -0.39 is 15.4 Å². The van der Waals surface area contributed by atoms with Crippen molar-refractivity contribution in [2.45, 2.75) is 43.2 Å². The number of esters is 1. The minimum Gasteiger partial charge on any atom is -0.461 e. The van der Waals surface area contributed by atoms with Gasteiger partial charge in [-0.1, -0.05) is 0 Å². The first-order valence-corrected chi connectivity index (χ1v) is 10.7. The van der Waals surface area contributed by atoms with Crippen molar-refractivity contribution in [3.63, 3.8) is 0 Å². The van der Waals surface area contributed by atoms with Crippen LogP contribution in [0.1, 0.15) is 32.1 Å². The lowest BCUT2D eigenvalue weighted by Crippen LogP contribution is -2.45. The number of rotatable bonds is 4. The summed E-state index contributed by atoms with van der Waals surface area (Å²) >= 11 is 0. The van der Waals surface area contributed by atoms with E-state index in [4.69, 9.17) is 4.74 Å². The summed E-state index contributed by atoms with van der Waals surface area (Å²) in [5, 5.41) is 0.0665. The molecule has 144 valence electrons. The van der Waals surface area contributed by atoms with E-state index in [0.717, 1.165) is 19.6 Å². The summed E-state index contributed by atoms with van der Waals surface area (Å²) in [6.45, 7) is 3.65. The highest BCUT2D eigenvalue weighted by Crippen LogP contribution is 2.44. The Morgan fingerprint density at radius 1 is 1.23 bits per heavy atom. The summed E-state index contributed by atoms with van der Waals surface area (Å²) in [6, 6.07) is 0. The highest BCUT2D eigenvalue weighted by Gasteiger charge is 2.52. The third-order valence-electron chi connectivity index (χ3n) is 5.95. The Hall–Kier alpha value is -1.45. The van der Waals surface area contributed by atoms with Gasteiger partial charge in [0.15, 0.2) is 5.03 Å². The summed E-state index contributed by atoms with van der Waals surface area (Å²) in [5.41, 5.74) is -0.513. The van der Waals surface area contributed by atoms with E-state index in [1.807, 2.05) is 0 Å². The molecule has 0 aliphatic carbocycles. The fourth-order valence-corrected chi connectivity index (χ4v) is 5.82. The number of carbonyl (C=O) groups excluding carboxylic acids is 1. The molecule has 0 aromatic carbocycles. The topological polar surface area (TPSA) is 84.7 Å². The number of likely N-dealkylation sites (tertiary alicyclic amines) is 1. The monoisotopic (exact) mass is 382 g/mol. The van der Waals surface area contributed by atoms with Gasteiger partial charge in [0.05, 0.1) is 11.7 Å². The van der Waals surface area contributed by atoms with E-state index in [2.05, 4.69) is 9.88 Å². The minimum absolute atomic E-state index is 0.0560. The maximum absolute atomic E-state index is 12.7. The minimum atomic E-state index is -3.60. The number of nitrogens with zero attached hydrogens (tertiary/aromatic N) is 4. The van der Waals surface area contributed by atoms with Gasteiger partial charge in [-0.15, -0.1) is 0 Å². The first-order chi connectivity index (χ1) is 12.4. The second kappa shape index (κ2) is 6.61. The van der Waals surface area contributed by atoms with Crippen LogP contribution in [0.15, 0.2) is 17.6 Å². The van der Waals surface area contributed by atoms with Crippen molar-refractivity contribution in [1.82, 2.24) is 18.8 Å². The lowest BCUT2D eigenvalue weighted by atomic mass is 9.76. The van der Waals surface area contributed by atoms with Gasteiger partial charge in [0.2, 0.25) is 0 Å². The Balaban J connectivity index is 1.40. The lowest BCUT2D eigenvalue weighted by molar-refractivity contribution is -0.150. The predicted molar refractivity (Wildman–Crippen MR) is 93.8 cm³/mol. The van der Waals surface area contributed by atoms with Crippen molar-refractivity contribution in [3.8, 4) is 0 Å². The van der Waals surface area contributed by atoms with E-state index in [-0.39, 0.29) is 17.1 Å². The van der Waals surface area contributed by atoms with Crippen LogP contribution in [0, 0.1) is 5.41 Å². The second-order valence-electron chi connectivity index (χ2n) is 7.80. The maximum Gasteiger partial charge on any atom is 0.312 e. The van der Waals surface area contributed by atoms with Gasteiger partial charge < -0.3 is 9.30 Å². The Morgan fingerprint density at radius 2 is 1.92 bits per heavy atom. The molecule has 1 spiro atoms. The summed E-state index contributed by atoms with van der Waals surface area (Å²) < 4.78 is 34.1. The average molecular weight is 382 g/mol. The Morgan fingerprint density at radius 3 is 2.54 bits per heavy atom. The zero-order valence-corrected chi connectivity index (χ0v) is 15.9. The molecule has 0 saturated carbocycles. The molecule has 3 aliphatic heterocycles. The van der Waals surface area contributed by atoms with Gasteiger partial charge >= 0.3 is 5.97 Å². The van der Waals surface area contributed by atoms with E-state index in [9.17, 15) is 13.2 Å². The van der Waals surface area contributed by atoms with Gasteiger partial charge in [-0.25, -0.2) is 13.4 Å². The van der Waals surface area contributed by atoms with Crippen LogP contribution in [0.25, 0.3) is 0 Å². The van der Waals surface area contributed by atoms with Crippen LogP contribution >= 0.6 is 0 Å². The number of sulfonamides is 1. The highest BCUT2D eigenvalue weighted by atomic mass is 32.2. The number of aromatic nitrogens is 2. The highest BCUT2D eigenvalue weighted by molar-refractivity contribution is 7.89. The molecule has 4 rings (SSSR count). The fourth-order valence-electron chi connectivity index (χ4n) is 4.41. The van der Waals surface area contributed by atoms with Gasteiger partial charge in [0.1, 0.15) is 6.10 Å². The van der Waals surface area contributed by atoms with Gasteiger partial charge in [-0.2, -0.15) is 4.31 Å². The molecule has 1 unspecified atom stereocenters. The lowest BCUT2D eigenvalue weighted by Gasteiger charge is -2.35. The van der Waals surface area contributed by atoms with Crippen LogP contribution in [-0.2, 0) is 26.6 Å². The normalized spacial score (nSPS) is 27.3. The van der Waals surface area contributed by atoms with Crippen molar-refractivity contribution in [2.75, 3.05) is 32.7 Å². The van der Waals surface area contributed by atoms with Crippen LogP contribution in [-0.4, -0.2) is 72.0 Å². The third kappa shape index (κ3) is 3.16. The van der Waals surface area contributed by atoms with Crippen molar-refractivity contribution >= 4 is 16.0 Å². The van der Waals surface area contributed by atoms with Crippen LogP contribution in [0.2, 0.25) is 0 Å². The molecule has 1 atom stereocenters. The van der Waals surface area contributed by atoms with Crippen molar-refractivity contribution in [1.29, 1.82) is 0 Å². The summed E-state index contributed by atoms with van der Waals surface area (Å²) in [7, 11) is -1.85. The first kappa shape index (κ1) is 17.9. The number of cyclic esters (lactones) is 1. The fraction of sp³-hybridized carbons (Fsp3) is 0.765. The van der Waals surface area contributed by atoms with Gasteiger partial charge in [0, 0.05) is 39.3 Å². The number of carbonyl (C=O) groups is 1. The van der Waals surface area contributed by atoms with Gasteiger partial charge in [-0.3, -0.25) is 9.69 Å². The summed E-state index contributed by atoms with van der Waals surface area (Å²) in [4.78, 5) is 18.9. The van der Waals surface area contributed by atoms with Crippen LogP contribution < -0.4 is 0 Å². The van der Waals surface area contributed by atoms with E-state index in [1.165, 1.54) is 29.7 Å². The Kier molecular flexibility index (Phi) is 4.56. The zero-order chi connectivity index (χ0) is 18.4. The van der Waals surface area contributed by atoms with E-state index in [1.54, 1.807) is 11.6 Å². The SMILES string of the molecule is Cn1cnc(S(=O)(=O)N2CCC3(CC2)CC(CN2CCCC2)OC3=O)c1. The molecule has 0 amide bonds. The number of piperidine rings is 1. The molecule has 3 fully saturated rings. The van der Waals surface area contributed by atoms with Crippen LogP contribution in [0.4, 0.5) is 0 Å². The summed E-state index contributed by atoms with van der Waals surface area (Å²) in [6.07, 6.45) is 7.12. The quantitative estimate of drug-likeness (QED) is 0.709. The molecule has 4 heterocycles. The maximum atomic E-state index is 12.7. The Labute approximate surface area is 154 Å². The smallest absolute Gasteiger partial charge is 0.312 e. The molecule has 0 radical (unpaired) electrons. The zero-order valence-electron chi connectivity index (χ0n) is 15.1. The average Bonchev–Trinajstić information content (AvgIpc) is 3.32. The summed E-state index contributed by atoms with van der Waals surface area (Å²) in [5.74, 6) is -0.142. The number of imidazole rings is 1. The second-order valence-corrected chi connectivity index (χ2v) is 9.69. The van der Waals surface area contributed by atoms with Crippen LogP contribution in [0.3, 0.4) is 0 Å². The number of ether oxygens (including phenoxy) is 1. The molecule has 1 aromatic heterocycles. The predicted octanol–water partition coefficient (Wildman–Crippen LogP) is 0.602.